The van der Waals surface area contributed by atoms with Crippen LogP contribution >= 0.6 is 15.9 Å². The fourth-order valence-electron chi connectivity index (χ4n) is 5.47. The van der Waals surface area contributed by atoms with E-state index < -0.39 is 0 Å². The topological polar surface area (TPSA) is 0 Å². The lowest BCUT2D eigenvalue weighted by atomic mass is 9.68. The summed E-state index contributed by atoms with van der Waals surface area (Å²) in [5.41, 5.74) is 1.57. The molecular formula is C24H37Br. The van der Waals surface area contributed by atoms with Crippen LogP contribution in [0.4, 0.5) is 0 Å². The molecular weight excluding hydrogens is 368 g/mol. The van der Waals surface area contributed by atoms with Crippen LogP contribution in [0.3, 0.4) is 0 Å². The normalized spacial score (nSPS) is 30.3. The van der Waals surface area contributed by atoms with Crippen LogP contribution in [0.5, 0.6) is 0 Å². The van der Waals surface area contributed by atoms with Crippen LogP contribution in [0.15, 0.2) is 28.7 Å². The summed E-state index contributed by atoms with van der Waals surface area (Å²) in [7, 11) is 0. The van der Waals surface area contributed by atoms with E-state index in [2.05, 4.69) is 47.1 Å². The van der Waals surface area contributed by atoms with Crippen LogP contribution in [-0.4, -0.2) is 0 Å². The number of hydrogen-bond donors (Lipinski definition) is 0. The third kappa shape index (κ3) is 5.84. The van der Waals surface area contributed by atoms with Crippen molar-refractivity contribution in [2.45, 2.75) is 96.3 Å². The van der Waals surface area contributed by atoms with Crippen molar-refractivity contribution in [3.8, 4) is 0 Å². The zero-order valence-electron chi connectivity index (χ0n) is 16.2. The number of rotatable bonds is 7. The van der Waals surface area contributed by atoms with Crippen LogP contribution < -0.4 is 0 Å². The molecule has 2 saturated carbocycles. The number of halogens is 1. The molecule has 0 aromatic heterocycles. The van der Waals surface area contributed by atoms with E-state index in [1.807, 2.05) is 0 Å². The fraction of sp³-hybridized carbons (Fsp3) is 0.750. The summed E-state index contributed by atoms with van der Waals surface area (Å²) >= 11 is 3.56. The third-order valence-corrected chi connectivity index (χ3v) is 7.67. The number of hydrogen-bond acceptors (Lipinski definition) is 0. The van der Waals surface area contributed by atoms with Gasteiger partial charge in [-0.2, -0.15) is 0 Å². The number of unbranched alkanes of at least 4 members (excludes halogenated alkanes) is 3. The molecule has 0 unspecified atom stereocenters. The second kappa shape index (κ2) is 10.1. The molecule has 25 heavy (non-hydrogen) atoms. The van der Waals surface area contributed by atoms with Gasteiger partial charge in [0.05, 0.1) is 0 Å². The maximum absolute atomic E-state index is 3.56. The predicted molar refractivity (Wildman–Crippen MR) is 113 cm³/mol. The Bertz CT molecular complexity index is 475. The molecule has 2 aliphatic rings. The predicted octanol–water partition coefficient (Wildman–Crippen LogP) is 8.50. The first-order valence-electron chi connectivity index (χ1n) is 11.0. The summed E-state index contributed by atoms with van der Waals surface area (Å²) < 4.78 is 1.20. The van der Waals surface area contributed by atoms with Crippen molar-refractivity contribution in [2.24, 2.45) is 17.8 Å². The van der Waals surface area contributed by atoms with E-state index in [0.29, 0.717) is 0 Å². The zero-order valence-corrected chi connectivity index (χ0v) is 17.8. The van der Waals surface area contributed by atoms with Gasteiger partial charge in [-0.05, 0) is 79.9 Å². The van der Waals surface area contributed by atoms with Gasteiger partial charge in [0, 0.05) is 4.47 Å². The Balaban J connectivity index is 1.37. The molecule has 2 aliphatic carbocycles. The lowest BCUT2D eigenvalue weighted by Crippen LogP contribution is -2.25. The average Bonchev–Trinajstić information content (AvgIpc) is 2.67. The van der Waals surface area contributed by atoms with Crippen molar-refractivity contribution in [1.82, 2.24) is 0 Å². The summed E-state index contributed by atoms with van der Waals surface area (Å²) in [5, 5.41) is 0. The molecule has 0 amide bonds. The first-order valence-corrected chi connectivity index (χ1v) is 11.8. The SMILES string of the molecule is CCCCCCC1CCC(C2CCC(c3ccc(Br)cc3)CC2)CC1. The minimum absolute atomic E-state index is 0.819. The molecule has 2 fully saturated rings. The van der Waals surface area contributed by atoms with Gasteiger partial charge in [-0.3, -0.25) is 0 Å². The highest BCUT2D eigenvalue weighted by atomic mass is 79.9. The molecule has 0 aliphatic heterocycles. The number of benzene rings is 1. The van der Waals surface area contributed by atoms with Crippen molar-refractivity contribution < 1.29 is 0 Å². The van der Waals surface area contributed by atoms with Crippen molar-refractivity contribution >= 4 is 15.9 Å². The summed E-state index contributed by atoms with van der Waals surface area (Å²) in [6.45, 7) is 2.32. The maximum atomic E-state index is 3.56. The lowest BCUT2D eigenvalue weighted by Gasteiger charge is -2.38. The molecule has 0 saturated heterocycles. The Morgan fingerprint density at radius 1 is 0.760 bits per heavy atom. The molecule has 140 valence electrons. The lowest BCUT2D eigenvalue weighted by molar-refractivity contribution is 0.155. The molecule has 0 atom stereocenters. The van der Waals surface area contributed by atoms with Crippen molar-refractivity contribution in [3.05, 3.63) is 34.3 Å². The Morgan fingerprint density at radius 2 is 1.36 bits per heavy atom. The summed E-state index contributed by atoms with van der Waals surface area (Å²) in [4.78, 5) is 0. The van der Waals surface area contributed by atoms with Crippen LogP contribution in [0.2, 0.25) is 0 Å². The van der Waals surface area contributed by atoms with Gasteiger partial charge in [-0.15, -0.1) is 0 Å². The van der Waals surface area contributed by atoms with E-state index in [4.69, 9.17) is 0 Å². The molecule has 0 spiro atoms. The molecule has 1 aromatic carbocycles. The van der Waals surface area contributed by atoms with Gasteiger partial charge in [0.1, 0.15) is 0 Å². The maximum Gasteiger partial charge on any atom is 0.0175 e. The quantitative estimate of drug-likeness (QED) is 0.399. The molecule has 0 radical (unpaired) electrons. The molecule has 1 aromatic rings. The van der Waals surface area contributed by atoms with Crippen molar-refractivity contribution in [3.63, 3.8) is 0 Å². The third-order valence-electron chi connectivity index (χ3n) is 7.14. The fourth-order valence-corrected chi connectivity index (χ4v) is 5.73. The van der Waals surface area contributed by atoms with E-state index in [9.17, 15) is 0 Å². The van der Waals surface area contributed by atoms with E-state index in [1.54, 1.807) is 5.56 Å². The van der Waals surface area contributed by atoms with E-state index in [-0.39, 0.29) is 0 Å². The average molecular weight is 405 g/mol. The van der Waals surface area contributed by atoms with E-state index >= 15 is 0 Å². The van der Waals surface area contributed by atoms with Crippen molar-refractivity contribution in [1.29, 1.82) is 0 Å². The van der Waals surface area contributed by atoms with Gasteiger partial charge >= 0.3 is 0 Å². The first kappa shape index (κ1) is 19.5. The highest BCUT2D eigenvalue weighted by molar-refractivity contribution is 9.10. The van der Waals surface area contributed by atoms with Crippen LogP contribution in [0.25, 0.3) is 0 Å². The van der Waals surface area contributed by atoms with Gasteiger partial charge in [0.25, 0.3) is 0 Å². The molecule has 1 heteroatoms. The molecule has 0 N–H and O–H groups in total. The Kier molecular flexibility index (Phi) is 7.90. The first-order chi connectivity index (χ1) is 12.3. The van der Waals surface area contributed by atoms with E-state index in [0.717, 1.165) is 23.7 Å². The smallest absolute Gasteiger partial charge is 0.0175 e. The second-order valence-corrected chi connectivity index (χ2v) is 9.71. The zero-order chi connectivity index (χ0) is 17.5. The summed E-state index contributed by atoms with van der Waals surface area (Å²) in [6, 6.07) is 9.09. The summed E-state index contributed by atoms with van der Waals surface area (Å²) in [6.07, 6.45) is 19.2. The summed E-state index contributed by atoms with van der Waals surface area (Å²) in [5.74, 6) is 3.97. The minimum atomic E-state index is 0.819. The Hall–Kier alpha value is -0.300. The molecule has 0 bridgehead atoms. The Morgan fingerprint density at radius 3 is 1.96 bits per heavy atom. The van der Waals surface area contributed by atoms with Gasteiger partial charge in [0.15, 0.2) is 0 Å². The highest BCUT2D eigenvalue weighted by Gasteiger charge is 2.31. The van der Waals surface area contributed by atoms with Crippen LogP contribution in [0, 0.1) is 17.8 Å². The van der Waals surface area contributed by atoms with Crippen LogP contribution in [0.1, 0.15) is 102 Å². The standard InChI is InChI=1S/C24H37Br/c1-2-3-4-5-6-19-7-9-20(10-8-19)21-11-13-22(14-12-21)23-15-17-24(25)18-16-23/h15-22H,2-14H2,1H3. The minimum Gasteiger partial charge on any atom is -0.0654 e. The largest absolute Gasteiger partial charge is 0.0654 e. The highest BCUT2D eigenvalue weighted by Crippen LogP contribution is 2.44. The van der Waals surface area contributed by atoms with Gasteiger partial charge in [-0.25, -0.2) is 0 Å². The van der Waals surface area contributed by atoms with Gasteiger partial charge < -0.3 is 0 Å². The van der Waals surface area contributed by atoms with Crippen molar-refractivity contribution in [2.75, 3.05) is 0 Å². The van der Waals surface area contributed by atoms with E-state index in [1.165, 1.54) is 87.9 Å². The Labute approximate surface area is 164 Å². The molecule has 0 nitrogen and oxygen atoms in total. The van der Waals surface area contributed by atoms with Gasteiger partial charge in [-0.1, -0.05) is 79.9 Å². The van der Waals surface area contributed by atoms with Gasteiger partial charge in [0.2, 0.25) is 0 Å². The molecule has 3 rings (SSSR count). The monoisotopic (exact) mass is 404 g/mol. The van der Waals surface area contributed by atoms with Crippen LogP contribution in [-0.2, 0) is 0 Å². The molecule has 0 heterocycles. The second-order valence-electron chi connectivity index (χ2n) is 8.79.